The SMILES string of the molecule is CC1CCN(S(=O)(=O)c2ccn[nH]2)C1C(=O)O. The topological polar surface area (TPSA) is 103 Å². The maximum absolute atomic E-state index is 12.1. The Bertz CT molecular complexity index is 510. The molecule has 1 aromatic rings. The normalized spacial score (nSPS) is 26.2. The van der Waals surface area contributed by atoms with Crippen LogP contribution in [0.3, 0.4) is 0 Å². The van der Waals surface area contributed by atoms with Crippen LogP contribution in [0.1, 0.15) is 13.3 Å². The van der Waals surface area contributed by atoms with E-state index in [1.54, 1.807) is 6.92 Å². The number of nitrogens with zero attached hydrogens (tertiary/aromatic N) is 2. The van der Waals surface area contributed by atoms with E-state index in [4.69, 9.17) is 5.11 Å². The van der Waals surface area contributed by atoms with Crippen LogP contribution in [0.4, 0.5) is 0 Å². The summed E-state index contributed by atoms with van der Waals surface area (Å²) in [4.78, 5) is 11.1. The Morgan fingerprint density at radius 2 is 2.35 bits per heavy atom. The smallest absolute Gasteiger partial charge is 0.322 e. The number of hydrogen-bond donors (Lipinski definition) is 2. The van der Waals surface area contributed by atoms with Crippen molar-refractivity contribution in [2.24, 2.45) is 5.92 Å². The number of sulfonamides is 1. The van der Waals surface area contributed by atoms with Crippen molar-refractivity contribution in [1.82, 2.24) is 14.5 Å². The number of aromatic amines is 1. The molecular weight excluding hydrogens is 246 g/mol. The number of rotatable bonds is 3. The maximum atomic E-state index is 12.1. The summed E-state index contributed by atoms with van der Waals surface area (Å²) in [6, 6.07) is 0.320. The molecule has 2 atom stereocenters. The molecule has 17 heavy (non-hydrogen) atoms. The van der Waals surface area contributed by atoms with Crippen LogP contribution in [0.15, 0.2) is 17.3 Å². The number of hydrogen-bond acceptors (Lipinski definition) is 4. The first-order chi connectivity index (χ1) is 7.94. The third-order valence-electron chi connectivity index (χ3n) is 2.97. The summed E-state index contributed by atoms with van der Waals surface area (Å²) in [5.41, 5.74) is 0. The number of aliphatic carboxylic acids is 1. The second kappa shape index (κ2) is 4.11. The summed E-state index contributed by atoms with van der Waals surface area (Å²) < 4.78 is 25.3. The Morgan fingerprint density at radius 3 is 2.88 bits per heavy atom. The second-order valence-electron chi connectivity index (χ2n) is 4.09. The van der Waals surface area contributed by atoms with Gasteiger partial charge in [0, 0.05) is 6.54 Å². The van der Waals surface area contributed by atoms with E-state index in [0.29, 0.717) is 6.42 Å². The lowest BCUT2D eigenvalue weighted by Gasteiger charge is -2.21. The molecule has 8 heteroatoms. The lowest BCUT2D eigenvalue weighted by molar-refractivity contribution is -0.141. The number of carboxylic acid groups (broad SMARTS) is 1. The van der Waals surface area contributed by atoms with Crippen molar-refractivity contribution >= 4 is 16.0 Å². The van der Waals surface area contributed by atoms with Gasteiger partial charge in [-0.15, -0.1) is 0 Å². The van der Waals surface area contributed by atoms with Crippen molar-refractivity contribution in [2.45, 2.75) is 24.4 Å². The van der Waals surface area contributed by atoms with Gasteiger partial charge in [-0.05, 0) is 18.4 Å². The number of carbonyl (C=O) groups is 1. The van der Waals surface area contributed by atoms with Gasteiger partial charge in [0.15, 0.2) is 5.03 Å². The minimum Gasteiger partial charge on any atom is -0.480 e. The molecule has 1 fully saturated rings. The molecule has 1 aliphatic heterocycles. The van der Waals surface area contributed by atoms with Gasteiger partial charge in [0.25, 0.3) is 10.0 Å². The highest BCUT2D eigenvalue weighted by atomic mass is 32.2. The number of H-pyrrole nitrogens is 1. The van der Waals surface area contributed by atoms with E-state index in [2.05, 4.69) is 10.2 Å². The molecule has 2 heterocycles. The molecule has 0 aliphatic carbocycles. The number of nitrogens with one attached hydrogen (secondary N) is 1. The molecule has 0 amide bonds. The van der Waals surface area contributed by atoms with Crippen molar-refractivity contribution in [3.8, 4) is 0 Å². The van der Waals surface area contributed by atoms with Crippen LogP contribution < -0.4 is 0 Å². The fourth-order valence-electron chi connectivity index (χ4n) is 2.06. The Morgan fingerprint density at radius 1 is 1.65 bits per heavy atom. The van der Waals surface area contributed by atoms with E-state index < -0.39 is 22.0 Å². The molecule has 94 valence electrons. The molecule has 2 rings (SSSR count). The van der Waals surface area contributed by atoms with Gasteiger partial charge in [-0.25, -0.2) is 8.42 Å². The summed E-state index contributed by atoms with van der Waals surface area (Å²) in [7, 11) is -3.79. The largest absolute Gasteiger partial charge is 0.480 e. The first-order valence-electron chi connectivity index (χ1n) is 5.18. The first kappa shape index (κ1) is 12.1. The van der Waals surface area contributed by atoms with E-state index in [9.17, 15) is 13.2 Å². The van der Waals surface area contributed by atoms with Crippen molar-refractivity contribution < 1.29 is 18.3 Å². The van der Waals surface area contributed by atoms with Crippen LogP contribution in [-0.4, -0.2) is 46.6 Å². The average molecular weight is 259 g/mol. The molecule has 7 nitrogen and oxygen atoms in total. The van der Waals surface area contributed by atoms with E-state index in [1.807, 2.05) is 0 Å². The lowest BCUT2D eigenvalue weighted by atomic mass is 10.0. The molecule has 1 saturated heterocycles. The summed E-state index contributed by atoms with van der Waals surface area (Å²) in [5.74, 6) is -1.30. The molecule has 0 saturated carbocycles. The summed E-state index contributed by atoms with van der Waals surface area (Å²) in [5, 5.41) is 14.9. The molecular formula is C9H13N3O4S. The standard InChI is InChI=1S/C9H13N3O4S/c1-6-3-5-12(8(6)9(13)14)17(15,16)7-2-4-10-11-7/h2,4,6,8H,3,5H2,1H3,(H,10,11)(H,13,14). The summed E-state index contributed by atoms with van der Waals surface area (Å²) in [6.07, 6.45) is 1.87. The highest BCUT2D eigenvalue weighted by Crippen LogP contribution is 2.29. The molecule has 0 bridgehead atoms. The summed E-state index contributed by atoms with van der Waals surface area (Å²) >= 11 is 0. The van der Waals surface area contributed by atoms with Crippen molar-refractivity contribution in [3.63, 3.8) is 0 Å². The van der Waals surface area contributed by atoms with Gasteiger partial charge in [-0.1, -0.05) is 6.92 Å². The molecule has 2 unspecified atom stereocenters. The van der Waals surface area contributed by atoms with Crippen molar-refractivity contribution in [3.05, 3.63) is 12.3 Å². The van der Waals surface area contributed by atoms with Crippen LogP contribution in [0, 0.1) is 5.92 Å². The molecule has 0 aromatic carbocycles. The fraction of sp³-hybridized carbons (Fsp3) is 0.556. The minimum atomic E-state index is -3.79. The van der Waals surface area contributed by atoms with Gasteiger partial charge >= 0.3 is 5.97 Å². The highest BCUT2D eigenvalue weighted by Gasteiger charge is 2.44. The van der Waals surface area contributed by atoms with Crippen molar-refractivity contribution in [2.75, 3.05) is 6.54 Å². The van der Waals surface area contributed by atoms with Gasteiger partial charge in [-0.3, -0.25) is 9.89 Å². The van der Waals surface area contributed by atoms with Crippen LogP contribution in [0.2, 0.25) is 0 Å². The predicted molar refractivity (Wildman–Crippen MR) is 57.7 cm³/mol. The summed E-state index contributed by atoms with van der Waals surface area (Å²) in [6.45, 7) is 1.96. The zero-order chi connectivity index (χ0) is 12.6. The van der Waals surface area contributed by atoms with Crippen LogP contribution in [0.5, 0.6) is 0 Å². The van der Waals surface area contributed by atoms with E-state index in [-0.39, 0.29) is 17.5 Å². The van der Waals surface area contributed by atoms with Crippen LogP contribution in [-0.2, 0) is 14.8 Å². The van der Waals surface area contributed by atoms with Gasteiger partial charge in [0.2, 0.25) is 0 Å². The Labute approximate surface area is 98.5 Å². The molecule has 0 radical (unpaired) electrons. The Hall–Kier alpha value is -1.41. The third kappa shape index (κ3) is 1.93. The highest BCUT2D eigenvalue weighted by molar-refractivity contribution is 7.89. The van der Waals surface area contributed by atoms with Gasteiger partial charge in [-0.2, -0.15) is 9.40 Å². The molecule has 0 spiro atoms. The van der Waals surface area contributed by atoms with E-state index in [0.717, 1.165) is 4.31 Å². The third-order valence-corrected chi connectivity index (χ3v) is 4.78. The van der Waals surface area contributed by atoms with Gasteiger partial charge in [0.05, 0.1) is 6.20 Å². The Balaban J connectivity index is 2.38. The van der Waals surface area contributed by atoms with Gasteiger partial charge in [0.1, 0.15) is 6.04 Å². The minimum absolute atomic E-state index is 0.0714. The van der Waals surface area contributed by atoms with Crippen molar-refractivity contribution in [1.29, 1.82) is 0 Å². The number of aromatic nitrogens is 2. The lowest BCUT2D eigenvalue weighted by Crippen LogP contribution is -2.42. The predicted octanol–water partition coefficient (Wildman–Crippen LogP) is -0.107. The maximum Gasteiger partial charge on any atom is 0.322 e. The van der Waals surface area contributed by atoms with Crippen LogP contribution in [0.25, 0.3) is 0 Å². The van der Waals surface area contributed by atoms with Crippen LogP contribution >= 0.6 is 0 Å². The van der Waals surface area contributed by atoms with E-state index in [1.165, 1.54) is 12.3 Å². The zero-order valence-electron chi connectivity index (χ0n) is 9.20. The Kier molecular flexibility index (Phi) is 2.92. The van der Waals surface area contributed by atoms with Gasteiger partial charge < -0.3 is 5.11 Å². The fourth-order valence-corrected chi connectivity index (χ4v) is 3.66. The number of carboxylic acids is 1. The molecule has 1 aromatic heterocycles. The quantitative estimate of drug-likeness (QED) is 0.788. The second-order valence-corrected chi connectivity index (χ2v) is 5.94. The zero-order valence-corrected chi connectivity index (χ0v) is 10.0. The first-order valence-corrected chi connectivity index (χ1v) is 6.62. The average Bonchev–Trinajstić information content (AvgIpc) is 2.84. The molecule has 2 N–H and O–H groups in total. The molecule has 1 aliphatic rings. The van der Waals surface area contributed by atoms with E-state index >= 15 is 0 Å². The monoisotopic (exact) mass is 259 g/mol.